The third kappa shape index (κ3) is 4.19. The van der Waals surface area contributed by atoms with E-state index in [-0.39, 0.29) is 5.91 Å². The van der Waals surface area contributed by atoms with Crippen LogP contribution in [0.4, 0.5) is 0 Å². The van der Waals surface area contributed by atoms with Gasteiger partial charge in [-0.05, 0) is 31.9 Å². The van der Waals surface area contributed by atoms with Crippen LogP contribution < -0.4 is 5.32 Å². The number of nitrogens with zero attached hydrogens (tertiary/aromatic N) is 1. The zero-order chi connectivity index (χ0) is 12.7. The lowest BCUT2D eigenvalue weighted by Gasteiger charge is -2.18. The second-order valence-corrected chi connectivity index (χ2v) is 4.10. The Bertz CT molecular complexity index is 359. The fourth-order valence-corrected chi connectivity index (χ4v) is 1.80. The third-order valence-corrected chi connectivity index (χ3v) is 2.97. The van der Waals surface area contributed by atoms with Gasteiger partial charge in [-0.25, -0.2) is 0 Å². The molecule has 94 valence electrons. The molecule has 0 radical (unpaired) electrons. The van der Waals surface area contributed by atoms with Gasteiger partial charge in [-0.3, -0.25) is 4.79 Å². The van der Waals surface area contributed by atoms with Crippen LogP contribution in [0, 0.1) is 6.92 Å². The van der Waals surface area contributed by atoms with E-state index in [9.17, 15) is 4.79 Å². The maximum Gasteiger partial charge on any atom is 0.236 e. The Hall–Kier alpha value is -1.35. The molecule has 0 unspecified atom stereocenters. The zero-order valence-electron chi connectivity index (χ0n) is 11.0. The van der Waals surface area contributed by atoms with Crippen molar-refractivity contribution >= 4 is 5.91 Å². The Labute approximate surface area is 104 Å². The van der Waals surface area contributed by atoms with Crippen LogP contribution in [0.3, 0.4) is 0 Å². The van der Waals surface area contributed by atoms with Crippen LogP contribution >= 0.6 is 0 Å². The highest BCUT2D eigenvalue weighted by Crippen LogP contribution is 2.05. The first-order valence-corrected chi connectivity index (χ1v) is 6.22. The van der Waals surface area contributed by atoms with E-state index < -0.39 is 0 Å². The largest absolute Gasteiger partial charge is 0.342 e. The molecular weight excluding hydrogens is 212 g/mol. The number of carbonyl (C=O) groups is 1. The summed E-state index contributed by atoms with van der Waals surface area (Å²) in [5.74, 6) is 0.170. The highest BCUT2D eigenvalue weighted by molar-refractivity contribution is 5.78. The van der Waals surface area contributed by atoms with Gasteiger partial charge in [0.05, 0.1) is 6.54 Å². The number of aryl methyl sites for hydroxylation is 1. The number of likely N-dealkylation sites (N-methyl/N-ethyl adjacent to an activating group) is 1. The highest BCUT2D eigenvalue weighted by Gasteiger charge is 2.08. The summed E-state index contributed by atoms with van der Waals surface area (Å²) in [6.07, 6.45) is 0. The molecule has 3 nitrogen and oxygen atoms in total. The Kier molecular flexibility index (Phi) is 5.70. The number of carbonyl (C=O) groups excluding carboxylic acids is 1. The molecular formula is C14H22N2O. The number of benzene rings is 1. The molecule has 0 saturated heterocycles. The summed E-state index contributed by atoms with van der Waals surface area (Å²) in [7, 11) is 0. The van der Waals surface area contributed by atoms with Crippen molar-refractivity contribution in [1.82, 2.24) is 10.2 Å². The third-order valence-electron chi connectivity index (χ3n) is 2.97. The van der Waals surface area contributed by atoms with Gasteiger partial charge >= 0.3 is 0 Å². The summed E-state index contributed by atoms with van der Waals surface area (Å²) in [5, 5.41) is 3.20. The van der Waals surface area contributed by atoms with Crippen LogP contribution in [0.15, 0.2) is 24.3 Å². The lowest BCUT2D eigenvalue weighted by atomic mass is 10.1. The molecule has 0 heterocycles. The standard InChI is InChI=1S/C14H22N2O/c1-4-16(5-2)14(17)11-15-10-13-9-7-6-8-12(13)3/h6-9,15H,4-5,10-11H2,1-3H3. The monoisotopic (exact) mass is 234 g/mol. The quantitative estimate of drug-likeness (QED) is 0.816. The number of hydrogen-bond acceptors (Lipinski definition) is 2. The van der Waals surface area contributed by atoms with Crippen molar-refractivity contribution in [3.8, 4) is 0 Å². The lowest BCUT2D eigenvalue weighted by Crippen LogP contribution is -2.37. The van der Waals surface area contributed by atoms with Gasteiger partial charge in [0.1, 0.15) is 0 Å². The van der Waals surface area contributed by atoms with Crippen LogP contribution in [0.1, 0.15) is 25.0 Å². The average Bonchev–Trinajstić information content (AvgIpc) is 2.33. The van der Waals surface area contributed by atoms with E-state index in [1.165, 1.54) is 11.1 Å². The minimum absolute atomic E-state index is 0.170. The van der Waals surface area contributed by atoms with Crippen LogP contribution in [-0.2, 0) is 11.3 Å². The molecule has 0 aliphatic carbocycles. The first-order valence-electron chi connectivity index (χ1n) is 6.22. The Morgan fingerprint density at radius 3 is 2.47 bits per heavy atom. The van der Waals surface area contributed by atoms with E-state index in [1.807, 2.05) is 30.9 Å². The summed E-state index contributed by atoms with van der Waals surface area (Å²) in [5.41, 5.74) is 2.51. The second kappa shape index (κ2) is 7.07. The number of nitrogens with one attached hydrogen (secondary N) is 1. The Balaban J connectivity index is 2.38. The molecule has 0 spiro atoms. The highest BCUT2D eigenvalue weighted by atomic mass is 16.2. The van der Waals surface area contributed by atoms with Crippen molar-refractivity contribution in [1.29, 1.82) is 0 Å². The van der Waals surface area contributed by atoms with Gasteiger partial charge < -0.3 is 10.2 Å². The van der Waals surface area contributed by atoms with Crippen LogP contribution in [-0.4, -0.2) is 30.4 Å². The minimum Gasteiger partial charge on any atom is -0.342 e. The second-order valence-electron chi connectivity index (χ2n) is 4.10. The van der Waals surface area contributed by atoms with Gasteiger partial charge in [-0.15, -0.1) is 0 Å². The molecule has 0 aromatic heterocycles. The molecule has 1 amide bonds. The predicted molar refractivity (Wildman–Crippen MR) is 70.8 cm³/mol. The first-order chi connectivity index (χ1) is 8.19. The molecule has 0 aliphatic rings. The first kappa shape index (κ1) is 13.7. The number of amides is 1. The molecule has 3 heteroatoms. The molecule has 1 N–H and O–H groups in total. The minimum atomic E-state index is 0.170. The average molecular weight is 234 g/mol. The molecule has 0 fully saturated rings. The topological polar surface area (TPSA) is 32.3 Å². The van der Waals surface area contributed by atoms with E-state index in [0.29, 0.717) is 6.54 Å². The molecule has 0 aliphatic heterocycles. The normalized spacial score (nSPS) is 10.3. The molecule has 0 saturated carbocycles. The summed E-state index contributed by atoms with van der Waals surface area (Å²) >= 11 is 0. The van der Waals surface area contributed by atoms with Crippen molar-refractivity contribution in [2.75, 3.05) is 19.6 Å². The zero-order valence-corrected chi connectivity index (χ0v) is 11.0. The van der Waals surface area contributed by atoms with Crippen LogP contribution in [0.2, 0.25) is 0 Å². The van der Waals surface area contributed by atoms with Gasteiger partial charge in [-0.2, -0.15) is 0 Å². The molecule has 1 aromatic rings. The van der Waals surface area contributed by atoms with Gasteiger partial charge in [0.25, 0.3) is 0 Å². The van der Waals surface area contributed by atoms with E-state index in [4.69, 9.17) is 0 Å². The maximum atomic E-state index is 11.7. The summed E-state index contributed by atoms with van der Waals surface area (Å²) < 4.78 is 0. The Morgan fingerprint density at radius 1 is 1.24 bits per heavy atom. The van der Waals surface area contributed by atoms with E-state index in [1.54, 1.807) is 0 Å². The summed E-state index contributed by atoms with van der Waals surface area (Å²) in [6, 6.07) is 8.23. The van der Waals surface area contributed by atoms with E-state index >= 15 is 0 Å². The Morgan fingerprint density at radius 2 is 1.88 bits per heavy atom. The summed E-state index contributed by atoms with van der Waals surface area (Å²) in [6.45, 7) is 8.81. The predicted octanol–water partition coefficient (Wildman–Crippen LogP) is 1.95. The SMILES string of the molecule is CCN(CC)C(=O)CNCc1ccccc1C. The maximum absolute atomic E-state index is 11.7. The summed E-state index contributed by atoms with van der Waals surface area (Å²) in [4.78, 5) is 13.6. The molecule has 0 atom stereocenters. The fourth-order valence-electron chi connectivity index (χ4n) is 1.80. The molecule has 1 aromatic carbocycles. The van der Waals surface area contributed by atoms with Crippen molar-refractivity contribution in [2.24, 2.45) is 0 Å². The number of rotatable bonds is 6. The van der Waals surface area contributed by atoms with Gasteiger partial charge in [0.2, 0.25) is 5.91 Å². The smallest absolute Gasteiger partial charge is 0.236 e. The van der Waals surface area contributed by atoms with Crippen molar-refractivity contribution in [3.63, 3.8) is 0 Å². The fraction of sp³-hybridized carbons (Fsp3) is 0.500. The van der Waals surface area contributed by atoms with Crippen LogP contribution in [0.5, 0.6) is 0 Å². The van der Waals surface area contributed by atoms with E-state index in [2.05, 4.69) is 24.4 Å². The van der Waals surface area contributed by atoms with Crippen molar-refractivity contribution in [2.45, 2.75) is 27.3 Å². The van der Waals surface area contributed by atoms with Gasteiger partial charge in [-0.1, -0.05) is 24.3 Å². The van der Waals surface area contributed by atoms with E-state index in [0.717, 1.165) is 19.6 Å². The van der Waals surface area contributed by atoms with Crippen molar-refractivity contribution in [3.05, 3.63) is 35.4 Å². The van der Waals surface area contributed by atoms with Gasteiger partial charge in [0, 0.05) is 19.6 Å². The van der Waals surface area contributed by atoms with Crippen molar-refractivity contribution < 1.29 is 4.79 Å². The molecule has 17 heavy (non-hydrogen) atoms. The number of hydrogen-bond donors (Lipinski definition) is 1. The molecule has 1 rings (SSSR count). The van der Waals surface area contributed by atoms with Gasteiger partial charge in [0.15, 0.2) is 0 Å². The lowest BCUT2D eigenvalue weighted by molar-refractivity contribution is -0.129. The van der Waals surface area contributed by atoms with Crippen LogP contribution in [0.25, 0.3) is 0 Å². The molecule has 0 bridgehead atoms.